The van der Waals surface area contributed by atoms with Crippen LogP contribution in [0.15, 0.2) is 18.2 Å². The van der Waals surface area contributed by atoms with E-state index < -0.39 is 41.6 Å². The summed E-state index contributed by atoms with van der Waals surface area (Å²) < 4.78 is 26.8. The molecule has 0 atom stereocenters. The van der Waals surface area contributed by atoms with Gasteiger partial charge >= 0.3 is 6.03 Å². The molecule has 0 bridgehead atoms. The molecule has 0 unspecified atom stereocenters. The number of nitrogens with zero attached hydrogens (tertiary/aromatic N) is 1. The zero-order valence-corrected chi connectivity index (χ0v) is 14.5. The molecule has 26 heavy (non-hydrogen) atoms. The van der Waals surface area contributed by atoms with Crippen molar-refractivity contribution in [3.8, 4) is 0 Å². The molecular formula is C18H21F2N3O3. The Kier molecular flexibility index (Phi) is 4.93. The lowest BCUT2D eigenvalue weighted by Crippen LogP contribution is -2.49. The van der Waals surface area contributed by atoms with Gasteiger partial charge < -0.3 is 10.6 Å². The van der Waals surface area contributed by atoms with Crippen LogP contribution in [-0.2, 0) is 9.59 Å². The van der Waals surface area contributed by atoms with Crippen molar-refractivity contribution in [3.63, 3.8) is 0 Å². The van der Waals surface area contributed by atoms with Crippen LogP contribution in [0.3, 0.4) is 0 Å². The molecular weight excluding hydrogens is 344 g/mol. The molecule has 1 aromatic carbocycles. The van der Waals surface area contributed by atoms with Crippen molar-refractivity contribution in [2.75, 3.05) is 11.9 Å². The fraction of sp³-hybridized carbons (Fsp3) is 0.500. The molecule has 1 saturated carbocycles. The Labute approximate surface area is 149 Å². The highest BCUT2D eigenvalue weighted by atomic mass is 19.1. The number of anilines is 1. The normalized spacial score (nSPS) is 25.5. The summed E-state index contributed by atoms with van der Waals surface area (Å²) in [7, 11) is 0. The van der Waals surface area contributed by atoms with Crippen molar-refractivity contribution >= 4 is 23.5 Å². The second-order valence-electron chi connectivity index (χ2n) is 6.93. The topological polar surface area (TPSA) is 78.5 Å². The van der Waals surface area contributed by atoms with Crippen LogP contribution in [0, 0.1) is 17.6 Å². The molecule has 6 nitrogen and oxygen atoms in total. The van der Waals surface area contributed by atoms with E-state index in [-0.39, 0.29) is 5.69 Å². The standard InChI is InChI=1S/C18H21F2N3O3/c1-2-11-5-7-18(8-6-11)16(25)23(17(26)22-18)10-15(24)21-14-9-12(19)3-4-13(14)20/h3-4,9,11H,2,5-8,10H2,1H3,(H,21,24)(H,22,26). The summed E-state index contributed by atoms with van der Waals surface area (Å²) in [6.45, 7) is 1.56. The van der Waals surface area contributed by atoms with Gasteiger partial charge in [-0.2, -0.15) is 0 Å². The van der Waals surface area contributed by atoms with Crippen molar-refractivity contribution in [2.24, 2.45) is 5.92 Å². The van der Waals surface area contributed by atoms with Crippen LogP contribution in [-0.4, -0.2) is 34.8 Å². The Morgan fingerprint density at radius 1 is 1.31 bits per heavy atom. The second kappa shape index (κ2) is 7.01. The average molecular weight is 365 g/mol. The molecule has 0 radical (unpaired) electrons. The maximum atomic E-state index is 13.6. The number of rotatable bonds is 4. The van der Waals surface area contributed by atoms with Crippen molar-refractivity contribution in [1.29, 1.82) is 0 Å². The molecule has 1 aliphatic heterocycles. The van der Waals surface area contributed by atoms with Gasteiger partial charge in [0.15, 0.2) is 0 Å². The first kappa shape index (κ1) is 18.3. The van der Waals surface area contributed by atoms with E-state index in [1.165, 1.54) is 0 Å². The Bertz CT molecular complexity index is 745. The van der Waals surface area contributed by atoms with Gasteiger partial charge in [0.1, 0.15) is 23.7 Å². The first-order chi connectivity index (χ1) is 12.3. The summed E-state index contributed by atoms with van der Waals surface area (Å²) in [4.78, 5) is 37.9. The van der Waals surface area contributed by atoms with Crippen LogP contribution < -0.4 is 10.6 Å². The summed E-state index contributed by atoms with van der Waals surface area (Å²) in [5, 5.41) is 4.93. The highest BCUT2D eigenvalue weighted by Crippen LogP contribution is 2.37. The SMILES string of the molecule is CCC1CCC2(CC1)NC(=O)N(CC(=O)Nc1cc(F)ccc1F)C2=O. The molecule has 1 spiro atoms. The molecule has 2 aliphatic rings. The fourth-order valence-electron chi connectivity index (χ4n) is 3.66. The number of benzene rings is 1. The molecule has 8 heteroatoms. The lowest BCUT2D eigenvalue weighted by atomic mass is 9.75. The van der Waals surface area contributed by atoms with Crippen LogP contribution in [0.4, 0.5) is 19.3 Å². The number of halogens is 2. The highest BCUT2D eigenvalue weighted by Gasteiger charge is 2.52. The van der Waals surface area contributed by atoms with Crippen molar-refractivity contribution < 1.29 is 23.2 Å². The molecule has 1 aromatic rings. The van der Waals surface area contributed by atoms with Gasteiger partial charge in [0.25, 0.3) is 5.91 Å². The molecule has 0 aromatic heterocycles. The van der Waals surface area contributed by atoms with Crippen molar-refractivity contribution in [1.82, 2.24) is 10.2 Å². The Balaban J connectivity index is 1.66. The molecule has 4 amide bonds. The summed E-state index contributed by atoms with van der Waals surface area (Å²) in [5.74, 6) is -2.16. The predicted molar refractivity (Wildman–Crippen MR) is 90.2 cm³/mol. The molecule has 2 N–H and O–H groups in total. The molecule has 2 fully saturated rings. The number of hydrogen-bond donors (Lipinski definition) is 2. The average Bonchev–Trinajstić information content (AvgIpc) is 2.83. The third-order valence-electron chi connectivity index (χ3n) is 5.29. The van der Waals surface area contributed by atoms with E-state index in [9.17, 15) is 23.2 Å². The summed E-state index contributed by atoms with van der Waals surface area (Å²) in [6.07, 6.45) is 3.82. The predicted octanol–water partition coefficient (Wildman–Crippen LogP) is 2.79. The third kappa shape index (κ3) is 3.40. The first-order valence-corrected chi connectivity index (χ1v) is 8.73. The van der Waals surface area contributed by atoms with Crippen molar-refractivity contribution in [2.45, 2.75) is 44.6 Å². The third-order valence-corrected chi connectivity index (χ3v) is 5.29. The number of hydrogen-bond acceptors (Lipinski definition) is 3. The van der Waals surface area contributed by atoms with Crippen molar-refractivity contribution in [3.05, 3.63) is 29.8 Å². The molecule has 1 heterocycles. The lowest BCUT2D eigenvalue weighted by molar-refractivity contribution is -0.135. The zero-order valence-electron chi connectivity index (χ0n) is 14.5. The van der Waals surface area contributed by atoms with E-state index in [1.807, 2.05) is 0 Å². The van der Waals surface area contributed by atoms with Gasteiger partial charge in [-0.25, -0.2) is 13.6 Å². The van der Waals surface area contributed by atoms with Gasteiger partial charge in [0.2, 0.25) is 5.91 Å². The molecule has 1 aliphatic carbocycles. The van der Waals surface area contributed by atoms with Gasteiger partial charge in [-0.15, -0.1) is 0 Å². The quantitative estimate of drug-likeness (QED) is 0.806. The van der Waals surface area contributed by atoms with Gasteiger partial charge in [-0.3, -0.25) is 14.5 Å². The number of imide groups is 1. The van der Waals surface area contributed by atoms with Crippen LogP contribution in [0.5, 0.6) is 0 Å². The first-order valence-electron chi connectivity index (χ1n) is 8.73. The van der Waals surface area contributed by atoms with E-state index in [2.05, 4.69) is 17.6 Å². The van der Waals surface area contributed by atoms with Gasteiger partial charge in [-0.05, 0) is 43.7 Å². The number of carbonyl (C=O) groups excluding carboxylic acids is 3. The van der Waals surface area contributed by atoms with Gasteiger partial charge in [-0.1, -0.05) is 13.3 Å². The number of urea groups is 1. The van der Waals surface area contributed by atoms with Crippen LogP contribution in [0.25, 0.3) is 0 Å². The Hall–Kier alpha value is -2.51. The maximum absolute atomic E-state index is 13.6. The number of amides is 4. The summed E-state index contributed by atoms with van der Waals surface area (Å²) >= 11 is 0. The van der Waals surface area contributed by atoms with Crippen LogP contribution >= 0.6 is 0 Å². The Morgan fingerprint density at radius 2 is 2.00 bits per heavy atom. The summed E-state index contributed by atoms with van der Waals surface area (Å²) in [6, 6.07) is 2.03. The minimum absolute atomic E-state index is 0.333. The van der Waals surface area contributed by atoms with Crippen LogP contribution in [0.1, 0.15) is 39.0 Å². The number of nitrogens with one attached hydrogen (secondary N) is 2. The largest absolute Gasteiger partial charge is 0.325 e. The number of carbonyl (C=O) groups is 3. The van der Waals surface area contributed by atoms with E-state index in [4.69, 9.17) is 0 Å². The van der Waals surface area contributed by atoms with E-state index in [1.54, 1.807) is 0 Å². The van der Waals surface area contributed by atoms with E-state index in [0.29, 0.717) is 18.8 Å². The molecule has 140 valence electrons. The lowest BCUT2D eigenvalue weighted by Gasteiger charge is -2.34. The smallest absolute Gasteiger partial charge is 0.323 e. The fourth-order valence-corrected chi connectivity index (χ4v) is 3.66. The zero-order chi connectivity index (χ0) is 18.9. The second-order valence-corrected chi connectivity index (χ2v) is 6.93. The maximum Gasteiger partial charge on any atom is 0.325 e. The molecule has 3 rings (SSSR count). The minimum Gasteiger partial charge on any atom is -0.323 e. The van der Waals surface area contributed by atoms with Gasteiger partial charge in [0, 0.05) is 6.07 Å². The monoisotopic (exact) mass is 365 g/mol. The van der Waals surface area contributed by atoms with E-state index >= 15 is 0 Å². The van der Waals surface area contributed by atoms with Gasteiger partial charge in [0.05, 0.1) is 5.69 Å². The van der Waals surface area contributed by atoms with Crippen LogP contribution in [0.2, 0.25) is 0 Å². The van der Waals surface area contributed by atoms with E-state index in [0.717, 1.165) is 42.4 Å². The molecule has 1 saturated heterocycles. The minimum atomic E-state index is -0.937. The Morgan fingerprint density at radius 3 is 2.65 bits per heavy atom. The summed E-state index contributed by atoms with van der Waals surface area (Å²) in [5.41, 5.74) is -1.27. The highest BCUT2D eigenvalue weighted by molar-refractivity contribution is 6.10.